The molecule has 0 aromatic carbocycles. The molecule has 8 heteroatoms. The first-order valence-corrected chi connectivity index (χ1v) is 5.63. The molecule has 110 valence electrons. The van der Waals surface area contributed by atoms with Gasteiger partial charge in [-0.1, -0.05) is 0 Å². The van der Waals surface area contributed by atoms with Gasteiger partial charge in [-0.2, -0.15) is 26.3 Å². The van der Waals surface area contributed by atoms with Gasteiger partial charge in [-0.15, -0.1) is 0 Å². The third kappa shape index (κ3) is 15.5. The quantitative estimate of drug-likeness (QED) is 0.517. The summed E-state index contributed by atoms with van der Waals surface area (Å²) in [4.78, 5) is 0. The van der Waals surface area contributed by atoms with E-state index < -0.39 is 25.4 Å². The van der Waals surface area contributed by atoms with Crippen LogP contribution in [0.1, 0.15) is 25.7 Å². The number of alkyl halides is 6. The van der Waals surface area contributed by atoms with Crippen LogP contribution in [0.5, 0.6) is 0 Å². The fourth-order valence-corrected chi connectivity index (χ4v) is 1.19. The Morgan fingerprint density at radius 3 is 1.94 bits per heavy atom. The van der Waals surface area contributed by atoms with Crippen LogP contribution >= 0.6 is 0 Å². The Hall–Kier alpha value is -0.500. The maximum absolute atomic E-state index is 11.7. The molecule has 0 rings (SSSR count). The summed E-state index contributed by atoms with van der Waals surface area (Å²) in [5.74, 6) is 0. The van der Waals surface area contributed by atoms with Crippen molar-refractivity contribution < 1.29 is 31.1 Å². The number of rotatable bonds is 9. The predicted molar refractivity (Wildman–Crippen MR) is 54.3 cm³/mol. The zero-order valence-corrected chi connectivity index (χ0v) is 9.83. The van der Waals surface area contributed by atoms with Crippen molar-refractivity contribution in [2.45, 2.75) is 38.0 Å². The first-order valence-electron chi connectivity index (χ1n) is 5.63. The van der Waals surface area contributed by atoms with Crippen LogP contribution in [0.2, 0.25) is 0 Å². The Labute approximate surface area is 102 Å². The van der Waals surface area contributed by atoms with Gasteiger partial charge in [0.15, 0.2) is 0 Å². The van der Waals surface area contributed by atoms with Gasteiger partial charge in [0.05, 0.1) is 0 Å². The van der Waals surface area contributed by atoms with E-state index in [2.05, 4.69) is 10.1 Å². The molecule has 0 aromatic rings. The molecule has 0 aliphatic heterocycles. The number of hydrogen-bond acceptors (Lipinski definition) is 2. The fraction of sp³-hybridized carbons (Fsp3) is 1.00. The largest absolute Gasteiger partial charge is 0.411 e. The Morgan fingerprint density at radius 1 is 0.778 bits per heavy atom. The number of nitrogens with one attached hydrogen (secondary N) is 1. The summed E-state index contributed by atoms with van der Waals surface area (Å²) in [6.45, 7) is -0.424. The molecule has 0 saturated carbocycles. The zero-order valence-electron chi connectivity index (χ0n) is 9.83. The lowest BCUT2D eigenvalue weighted by atomic mass is 10.2. The van der Waals surface area contributed by atoms with E-state index in [1.54, 1.807) is 0 Å². The summed E-state index contributed by atoms with van der Waals surface area (Å²) in [6.07, 6.45) is -8.39. The molecule has 1 N–H and O–H groups in total. The van der Waals surface area contributed by atoms with E-state index in [9.17, 15) is 26.3 Å². The van der Waals surface area contributed by atoms with Crippen molar-refractivity contribution in [3.63, 3.8) is 0 Å². The minimum Gasteiger partial charge on any atom is -0.372 e. The van der Waals surface area contributed by atoms with Crippen LogP contribution in [0.3, 0.4) is 0 Å². The molecule has 0 unspecified atom stereocenters. The van der Waals surface area contributed by atoms with E-state index in [0.717, 1.165) is 0 Å². The van der Waals surface area contributed by atoms with Gasteiger partial charge in [0.1, 0.15) is 6.61 Å². The number of unbranched alkanes of at least 4 members (excludes halogenated alkanes) is 1. The standard InChI is InChI=1S/C10H17F6NO/c11-9(12,13)4-1-2-5-17-6-3-7-18-8-10(14,15)16/h17H,1-8H2. The van der Waals surface area contributed by atoms with Crippen LogP contribution < -0.4 is 5.32 Å². The topological polar surface area (TPSA) is 21.3 Å². The predicted octanol–water partition coefficient (Wildman–Crippen LogP) is 3.28. The van der Waals surface area contributed by atoms with Crippen molar-refractivity contribution in [2.24, 2.45) is 0 Å². The van der Waals surface area contributed by atoms with Crippen molar-refractivity contribution in [2.75, 3.05) is 26.3 Å². The molecule has 0 atom stereocenters. The molecule has 0 fully saturated rings. The molecule has 0 heterocycles. The van der Waals surface area contributed by atoms with Crippen molar-refractivity contribution >= 4 is 0 Å². The monoisotopic (exact) mass is 281 g/mol. The van der Waals surface area contributed by atoms with E-state index in [1.807, 2.05) is 0 Å². The molecule has 0 bridgehead atoms. The van der Waals surface area contributed by atoms with Gasteiger partial charge in [0.2, 0.25) is 0 Å². The summed E-state index contributed by atoms with van der Waals surface area (Å²) < 4.78 is 74.5. The van der Waals surface area contributed by atoms with E-state index in [0.29, 0.717) is 25.9 Å². The number of ether oxygens (including phenoxy) is 1. The second kappa shape index (κ2) is 8.58. The van der Waals surface area contributed by atoms with Crippen molar-refractivity contribution in [1.82, 2.24) is 5.32 Å². The summed E-state index contributed by atoms with van der Waals surface area (Å²) in [7, 11) is 0. The van der Waals surface area contributed by atoms with Gasteiger partial charge >= 0.3 is 12.4 Å². The van der Waals surface area contributed by atoms with Crippen molar-refractivity contribution in [1.29, 1.82) is 0 Å². The molecular formula is C10H17F6NO. The van der Waals surface area contributed by atoms with Crippen LogP contribution in [0.4, 0.5) is 26.3 Å². The van der Waals surface area contributed by atoms with Crippen molar-refractivity contribution in [3.05, 3.63) is 0 Å². The highest BCUT2D eigenvalue weighted by atomic mass is 19.4. The van der Waals surface area contributed by atoms with Gasteiger partial charge in [0, 0.05) is 13.0 Å². The molecule has 0 spiro atoms. The molecule has 18 heavy (non-hydrogen) atoms. The Morgan fingerprint density at radius 2 is 1.39 bits per heavy atom. The SMILES string of the molecule is FC(F)(F)CCCCNCCCOCC(F)(F)F. The molecule has 0 amide bonds. The lowest BCUT2D eigenvalue weighted by molar-refractivity contribution is -0.173. The van der Waals surface area contributed by atoms with Gasteiger partial charge < -0.3 is 10.1 Å². The van der Waals surface area contributed by atoms with E-state index in [4.69, 9.17) is 0 Å². The third-order valence-electron chi connectivity index (χ3n) is 1.97. The smallest absolute Gasteiger partial charge is 0.372 e. The summed E-state index contributed by atoms with van der Waals surface area (Å²) in [6, 6.07) is 0. The Bertz CT molecular complexity index is 182. The fourth-order valence-electron chi connectivity index (χ4n) is 1.19. The lowest BCUT2D eigenvalue weighted by Crippen LogP contribution is -2.21. The average molecular weight is 281 g/mol. The molecule has 2 nitrogen and oxygen atoms in total. The molecule has 0 radical (unpaired) electrons. The second-order valence-electron chi connectivity index (χ2n) is 3.84. The van der Waals surface area contributed by atoms with Gasteiger partial charge in [-0.25, -0.2) is 0 Å². The molecular weight excluding hydrogens is 264 g/mol. The summed E-state index contributed by atoms with van der Waals surface area (Å²) in [5.41, 5.74) is 0. The zero-order chi connectivity index (χ0) is 14.1. The van der Waals surface area contributed by atoms with E-state index >= 15 is 0 Å². The second-order valence-corrected chi connectivity index (χ2v) is 3.84. The number of hydrogen-bond donors (Lipinski definition) is 1. The van der Waals surface area contributed by atoms with E-state index in [1.165, 1.54) is 0 Å². The van der Waals surface area contributed by atoms with Crippen LogP contribution in [0, 0.1) is 0 Å². The maximum atomic E-state index is 11.7. The molecule has 0 aliphatic carbocycles. The highest BCUT2D eigenvalue weighted by molar-refractivity contribution is 4.54. The maximum Gasteiger partial charge on any atom is 0.411 e. The minimum atomic E-state index is -4.31. The third-order valence-corrected chi connectivity index (χ3v) is 1.97. The van der Waals surface area contributed by atoms with Crippen LogP contribution in [0.15, 0.2) is 0 Å². The summed E-state index contributed by atoms with van der Waals surface area (Å²) >= 11 is 0. The molecule has 0 saturated heterocycles. The Balaban J connectivity index is 3.13. The average Bonchev–Trinajstić information content (AvgIpc) is 2.17. The number of halogens is 6. The molecule has 0 aliphatic rings. The van der Waals surface area contributed by atoms with Crippen LogP contribution in [0.25, 0.3) is 0 Å². The first kappa shape index (κ1) is 17.5. The summed E-state index contributed by atoms with van der Waals surface area (Å²) in [5, 5.41) is 2.84. The van der Waals surface area contributed by atoms with Crippen molar-refractivity contribution in [3.8, 4) is 0 Å². The highest BCUT2D eigenvalue weighted by Crippen LogP contribution is 2.21. The van der Waals surface area contributed by atoms with Gasteiger partial charge in [-0.05, 0) is 32.4 Å². The molecule has 0 aromatic heterocycles. The lowest BCUT2D eigenvalue weighted by Gasteiger charge is -2.08. The normalized spacial score (nSPS) is 13.0. The minimum absolute atomic E-state index is 0.0188. The van der Waals surface area contributed by atoms with E-state index in [-0.39, 0.29) is 13.0 Å². The Kier molecular flexibility index (Phi) is 8.34. The highest BCUT2D eigenvalue weighted by Gasteiger charge is 2.27. The van der Waals surface area contributed by atoms with Crippen LogP contribution in [-0.2, 0) is 4.74 Å². The first-order chi connectivity index (χ1) is 8.21. The van der Waals surface area contributed by atoms with Gasteiger partial charge in [0.25, 0.3) is 0 Å². The van der Waals surface area contributed by atoms with Gasteiger partial charge in [-0.3, -0.25) is 0 Å². The van der Waals surface area contributed by atoms with Crippen LogP contribution in [-0.4, -0.2) is 38.7 Å².